The molecule has 4 N–H and O–H groups in total. The molecule has 0 unspecified atom stereocenters. The van der Waals surface area contributed by atoms with E-state index in [4.69, 9.17) is 5.73 Å². The second-order valence-corrected chi connectivity index (χ2v) is 7.26. The number of nitrogens with zero attached hydrogens (tertiary/aromatic N) is 2. The molecule has 148 valence electrons. The van der Waals surface area contributed by atoms with Gasteiger partial charge >= 0.3 is 0 Å². The Morgan fingerprint density at radius 3 is 2.73 bits per heavy atom. The summed E-state index contributed by atoms with van der Waals surface area (Å²) in [4.78, 5) is 18.2. The van der Waals surface area contributed by atoms with Gasteiger partial charge in [-0.15, -0.1) is 24.0 Å². The first-order valence-electron chi connectivity index (χ1n) is 9.24. The summed E-state index contributed by atoms with van der Waals surface area (Å²) in [6.07, 6.45) is 4.08. The average molecular weight is 493 g/mol. The Kier molecular flexibility index (Phi) is 11.9. The Hall–Kier alpha value is -0.870. The fourth-order valence-corrected chi connectivity index (χ4v) is 3.66. The van der Waals surface area contributed by atoms with Crippen LogP contribution < -0.4 is 16.4 Å². The number of nitrogens with one attached hydrogen (secondary N) is 2. The van der Waals surface area contributed by atoms with Gasteiger partial charge in [0.25, 0.3) is 0 Å². The number of halogens is 1. The Morgan fingerprint density at radius 1 is 1.35 bits per heavy atom. The van der Waals surface area contributed by atoms with E-state index in [9.17, 15) is 4.79 Å². The van der Waals surface area contributed by atoms with E-state index in [0.29, 0.717) is 6.54 Å². The lowest BCUT2D eigenvalue weighted by Crippen LogP contribution is -2.39. The van der Waals surface area contributed by atoms with Crippen LogP contribution in [-0.2, 0) is 11.3 Å². The van der Waals surface area contributed by atoms with Gasteiger partial charge in [-0.1, -0.05) is 0 Å². The van der Waals surface area contributed by atoms with E-state index >= 15 is 0 Å². The van der Waals surface area contributed by atoms with Crippen molar-refractivity contribution in [3.8, 4) is 0 Å². The molecule has 0 aliphatic carbocycles. The number of carbonyl (C=O) groups is 1. The summed E-state index contributed by atoms with van der Waals surface area (Å²) < 4.78 is 0. The summed E-state index contributed by atoms with van der Waals surface area (Å²) in [6.45, 7) is 7.66. The summed E-state index contributed by atoms with van der Waals surface area (Å²) in [5.41, 5.74) is 6.63. The third-order valence-electron chi connectivity index (χ3n) is 4.53. The van der Waals surface area contributed by atoms with Crippen molar-refractivity contribution in [1.29, 1.82) is 0 Å². The van der Waals surface area contributed by atoms with Gasteiger partial charge in [0.05, 0.1) is 6.54 Å². The van der Waals surface area contributed by atoms with E-state index in [1.165, 1.54) is 5.56 Å². The number of unbranched alkanes of at least 4 members (excludes halogenated alkanes) is 1. The van der Waals surface area contributed by atoms with Gasteiger partial charge in [0, 0.05) is 19.0 Å². The first kappa shape index (κ1) is 23.2. The van der Waals surface area contributed by atoms with Crippen LogP contribution in [0.3, 0.4) is 0 Å². The monoisotopic (exact) mass is 493 g/mol. The van der Waals surface area contributed by atoms with Gasteiger partial charge in [0.2, 0.25) is 5.91 Å². The van der Waals surface area contributed by atoms with Crippen LogP contribution in [0.2, 0.25) is 0 Å². The highest BCUT2D eigenvalue weighted by Crippen LogP contribution is 2.16. The highest BCUT2D eigenvalue weighted by atomic mass is 127. The van der Waals surface area contributed by atoms with Crippen LogP contribution in [0.4, 0.5) is 0 Å². The number of rotatable bonds is 9. The van der Waals surface area contributed by atoms with Crippen LogP contribution in [0.1, 0.15) is 38.2 Å². The van der Waals surface area contributed by atoms with Gasteiger partial charge in [-0.25, -0.2) is 4.99 Å². The van der Waals surface area contributed by atoms with Crippen LogP contribution >= 0.6 is 35.3 Å². The van der Waals surface area contributed by atoms with Crippen molar-refractivity contribution < 1.29 is 4.79 Å². The maximum atomic E-state index is 11.2. The van der Waals surface area contributed by atoms with Crippen LogP contribution in [0, 0.1) is 5.92 Å². The van der Waals surface area contributed by atoms with Gasteiger partial charge in [-0.05, 0) is 74.6 Å². The van der Waals surface area contributed by atoms with Crippen molar-refractivity contribution in [3.05, 3.63) is 22.4 Å². The highest BCUT2D eigenvalue weighted by molar-refractivity contribution is 14.0. The SMILES string of the molecule is CCNC(=NCc1ccsc1)NCCCCN1CCC(C(N)=O)CC1.I. The summed E-state index contributed by atoms with van der Waals surface area (Å²) in [7, 11) is 0. The molecule has 1 amide bonds. The minimum atomic E-state index is -0.137. The predicted octanol–water partition coefficient (Wildman–Crippen LogP) is 2.40. The average Bonchev–Trinajstić information content (AvgIpc) is 3.13. The van der Waals surface area contributed by atoms with Crippen molar-refractivity contribution in [2.45, 2.75) is 39.2 Å². The zero-order chi connectivity index (χ0) is 17.9. The number of piperidine rings is 1. The normalized spacial score (nSPS) is 16.1. The molecule has 1 aliphatic heterocycles. The lowest BCUT2D eigenvalue weighted by Gasteiger charge is -2.30. The lowest BCUT2D eigenvalue weighted by molar-refractivity contribution is -0.123. The Labute approximate surface area is 178 Å². The van der Waals surface area contributed by atoms with Crippen LogP contribution in [-0.4, -0.2) is 49.5 Å². The Morgan fingerprint density at radius 2 is 2.12 bits per heavy atom. The zero-order valence-corrected chi connectivity index (χ0v) is 18.7. The maximum absolute atomic E-state index is 11.2. The molecule has 1 fully saturated rings. The van der Waals surface area contributed by atoms with E-state index in [1.54, 1.807) is 11.3 Å². The van der Waals surface area contributed by atoms with Gasteiger partial charge in [-0.3, -0.25) is 4.79 Å². The minimum Gasteiger partial charge on any atom is -0.369 e. The molecule has 0 atom stereocenters. The molecule has 0 saturated carbocycles. The van der Waals surface area contributed by atoms with Crippen molar-refractivity contribution in [1.82, 2.24) is 15.5 Å². The van der Waals surface area contributed by atoms with Gasteiger partial charge in [0.1, 0.15) is 0 Å². The number of hydrogen-bond acceptors (Lipinski definition) is 4. The second-order valence-electron chi connectivity index (χ2n) is 6.48. The number of amides is 1. The van der Waals surface area contributed by atoms with Gasteiger partial charge in [0.15, 0.2) is 5.96 Å². The largest absolute Gasteiger partial charge is 0.369 e. The fourth-order valence-electron chi connectivity index (χ4n) is 3.00. The van der Waals surface area contributed by atoms with E-state index in [1.807, 2.05) is 0 Å². The predicted molar refractivity (Wildman–Crippen MR) is 120 cm³/mol. The van der Waals surface area contributed by atoms with Gasteiger partial charge in [-0.2, -0.15) is 11.3 Å². The highest BCUT2D eigenvalue weighted by Gasteiger charge is 2.22. The van der Waals surface area contributed by atoms with E-state index < -0.39 is 0 Å². The number of hydrogen-bond donors (Lipinski definition) is 3. The number of guanidine groups is 1. The molecule has 0 radical (unpaired) electrons. The van der Waals surface area contributed by atoms with Crippen molar-refractivity contribution in [2.75, 3.05) is 32.7 Å². The molecule has 1 aromatic rings. The van der Waals surface area contributed by atoms with Crippen molar-refractivity contribution in [3.63, 3.8) is 0 Å². The second kappa shape index (κ2) is 13.3. The lowest BCUT2D eigenvalue weighted by atomic mass is 9.96. The Bertz CT molecular complexity index is 530. The molecule has 2 rings (SSSR count). The number of likely N-dealkylation sites (tertiary alicyclic amines) is 1. The van der Waals surface area contributed by atoms with E-state index in [0.717, 1.165) is 64.4 Å². The molecule has 26 heavy (non-hydrogen) atoms. The summed E-state index contributed by atoms with van der Waals surface area (Å²) >= 11 is 1.70. The Balaban J connectivity index is 0.00000338. The number of nitrogens with two attached hydrogens (primary N) is 1. The molecule has 0 aromatic carbocycles. The molecule has 1 saturated heterocycles. The van der Waals surface area contributed by atoms with E-state index in [-0.39, 0.29) is 35.8 Å². The van der Waals surface area contributed by atoms with Crippen molar-refractivity contribution >= 4 is 47.2 Å². The van der Waals surface area contributed by atoms with E-state index in [2.05, 4.69) is 44.3 Å². The molecule has 0 spiro atoms. The number of thiophene rings is 1. The molecule has 8 heteroatoms. The van der Waals surface area contributed by atoms with Crippen LogP contribution in [0.5, 0.6) is 0 Å². The molecule has 1 aromatic heterocycles. The third-order valence-corrected chi connectivity index (χ3v) is 5.26. The fraction of sp³-hybridized carbons (Fsp3) is 0.667. The zero-order valence-electron chi connectivity index (χ0n) is 15.6. The summed E-state index contributed by atoms with van der Waals surface area (Å²) in [5, 5.41) is 10.9. The maximum Gasteiger partial charge on any atom is 0.220 e. The minimum absolute atomic E-state index is 0. The first-order chi connectivity index (χ1) is 12.2. The van der Waals surface area contributed by atoms with Crippen LogP contribution in [0.25, 0.3) is 0 Å². The number of aliphatic imine (C=N–C) groups is 1. The van der Waals surface area contributed by atoms with Gasteiger partial charge < -0.3 is 21.3 Å². The molecule has 2 heterocycles. The smallest absolute Gasteiger partial charge is 0.220 e. The molecular formula is C18H32IN5OS. The first-order valence-corrected chi connectivity index (χ1v) is 10.2. The summed E-state index contributed by atoms with van der Waals surface area (Å²) in [6, 6.07) is 2.11. The molecular weight excluding hydrogens is 461 g/mol. The van der Waals surface area contributed by atoms with Crippen molar-refractivity contribution in [2.24, 2.45) is 16.6 Å². The summed E-state index contributed by atoms with van der Waals surface area (Å²) in [5.74, 6) is 0.831. The molecule has 1 aliphatic rings. The topological polar surface area (TPSA) is 82.8 Å². The quantitative estimate of drug-likeness (QED) is 0.214. The standard InChI is InChI=1S/C18H31N5OS.HI/c1-2-20-18(22-13-15-7-12-25-14-15)21-8-3-4-9-23-10-5-16(6-11-23)17(19)24;/h7,12,14,16H,2-6,8-11,13H2,1H3,(H2,19,24)(H2,20,21,22);1H. The van der Waals surface area contributed by atoms with Crippen LogP contribution in [0.15, 0.2) is 21.8 Å². The number of primary amides is 1. The number of carbonyl (C=O) groups excluding carboxylic acids is 1. The third kappa shape index (κ3) is 8.68. The molecule has 0 bridgehead atoms. The molecule has 6 nitrogen and oxygen atoms in total.